The number of halogens is 1. The van der Waals surface area contributed by atoms with Gasteiger partial charge in [0.2, 0.25) is 5.95 Å². The summed E-state index contributed by atoms with van der Waals surface area (Å²) < 4.78 is 2.13. The molecule has 0 aliphatic heterocycles. The minimum Gasteiger partial charge on any atom is -0.399 e. The molecule has 0 saturated carbocycles. The molecule has 0 bridgehead atoms. The van der Waals surface area contributed by atoms with Crippen LogP contribution in [-0.2, 0) is 0 Å². The number of rotatable bonds is 6. The minimum atomic E-state index is -0.222. The zero-order valence-electron chi connectivity index (χ0n) is 21.6. The van der Waals surface area contributed by atoms with Gasteiger partial charge < -0.3 is 20.9 Å². The number of para-hydroxylation sites is 2. The van der Waals surface area contributed by atoms with Crippen molar-refractivity contribution in [3.63, 3.8) is 0 Å². The molecule has 1 amide bonds. The molecule has 0 aliphatic carbocycles. The van der Waals surface area contributed by atoms with E-state index in [4.69, 9.17) is 22.3 Å². The van der Waals surface area contributed by atoms with Gasteiger partial charge >= 0.3 is 0 Å². The molecule has 0 spiro atoms. The molecule has 2 heterocycles. The number of fused-ring (bicyclic) bond motifs is 1. The number of aromatic nitrogens is 3. The number of nitrogens with one attached hydrogen (secondary N) is 2. The maximum Gasteiger partial charge on any atom is 0.255 e. The number of benzene rings is 4. The van der Waals surface area contributed by atoms with Crippen molar-refractivity contribution in [3.8, 4) is 16.9 Å². The number of hydrogen-bond acceptors (Lipinski definition) is 5. The molecule has 6 rings (SSSR count). The summed E-state index contributed by atoms with van der Waals surface area (Å²) in [6.07, 6.45) is 3.65. The highest BCUT2D eigenvalue weighted by atomic mass is 35.5. The fraction of sp³-hybridized carbons (Fsp3) is 0.0312. The molecule has 4 N–H and O–H groups in total. The molecule has 6 aromatic rings. The maximum atomic E-state index is 12.8. The Morgan fingerprint density at radius 2 is 1.68 bits per heavy atom. The van der Waals surface area contributed by atoms with Crippen LogP contribution in [0.1, 0.15) is 15.9 Å². The van der Waals surface area contributed by atoms with Crippen molar-refractivity contribution in [2.75, 3.05) is 16.4 Å². The van der Waals surface area contributed by atoms with Crippen LogP contribution in [0.15, 0.2) is 109 Å². The lowest BCUT2D eigenvalue weighted by Gasteiger charge is -2.12. The molecule has 0 atom stereocenters. The zero-order chi connectivity index (χ0) is 27.6. The number of amides is 1. The van der Waals surface area contributed by atoms with Crippen molar-refractivity contribution in [1.82, 2.24) is 14.5 Å². The summed E-state index contributed by atoms with van der Waals surface area (Å²) in [4.78, 5) is 22.0. The smallest absolute Gasteiger partial charge is 0.255 e. The topological polar surface area (TPSA) is 97.9 Å². The Bertz CT molecular complexity index is 1850. The van der Waals surface area contributed by atoms with E-state index < -0.39 is 0 Å². The Morgan fingerprint density at radius 3 is 2.48 bits per heavy atom. The SMILES string of the molecule is Cc1ccc(Nc2ncc(Cl)c(-c3cn(-c4ccccc4)c4ccccc34)n2)cc1NC(=O)c1ccc(N)cc1. The monoisotopic (exact) mass is 544 g/mol. The normalized spacial score (nSPS) is 10.9. The highest BCUT2D eigenvalue weighted by Crippen LogP contribution is 2.36. The molecule has 4 aromatic carbocycles. The van der Waals surface area contributed by atoms with Crippen molar-refractivity contribution in [2.24, 2.45) is 0 Å². The summed E-state index contributed by atoms with van der Waals surface area (Å²) in [5, 5.41) is 7.71. The zero-order valence-corrected chi connectivity index (χ0v) is 22.4. The first-order valence-electron chi connectivity index (χ1n) is 12.7. The third kappa shape index (κ3) is 4.98. The lowest BCUT2D eigenvalue weighted by atomic mass is 10.1. The molecule has 40 heavy (non-hydrogen) atoms. The van der Waals surface area contributed by atoms with Crippen molar-refractivity contribution in [1.29, 1.82) is 0 Å². The molecular formula is C32H25ClN6O. The molecule has 8 heteroatoms. The van der Waals surface area contributed by atoms with Crippen LogP contribution in [0.3, 0.4) is 0 Å². The van der Waals surface area contributed by atoms with E-state index in [1.54, 1.807) is 30.5 Å². The van der Waals surface area contributed by atoms with E-state index in [0.717, 1.165) is 33.4 Å². The molecule has 0 aliphatic rings. The van der Waals surface area contributed by atoms with Gasteiger partial charge in [0.1, 0.15) is 0 Å². The van der Waals surface area contributed by atoms with Crippen LogP contribution in [0.5, 0.6) is 0 Å². The van der Waals surface area contributed by atoms with Gasteiger partial charge in [0, 0.05) is 45.5 Å². The third-order valence-corrected chi connectivity index (χ3v) is 6.94. The average Bonchev–Trinajstić information content (AvgIpc) is 3.36. The predicted molar refractivity (Wildman–Crippen MR) is 163 cm³/mol. The first-order valence-corrected chi connectivity index (χ1v) is 13.1. The number of nitrogen functional groups attached to an aromatic ring is 1. The van der Waals surface area contributed by atoms with E-state index in [1.165, 1.54) is 0 Å². The summed E-state index contributed by atoms with van der Waals surface area (Å²) in [6, 6.07) is 30.8. The lowest BCUT2D eigenvalue weighted by molar-refractivity contribution is 0.102. The van der Waals surface area contributed by atoms with Crippen molar-refractivity contribution < 1.29 is 4.79 Å². The fourth-order valence-corrected chi connectivity index (χ4v) is 4.77. The van der Waals surface area contributed by atoms with Crippen molar-refractivity contribution in [2.45, 2.75) is 6.92 Å². The third-order valence-electron chi connectivity index (χ3n) is 6.66. The number of carbonyl (C=O) groups is 1. The second kappa shape index (κ2) is 10.6. The van der Waals surface area contributed by atoms with Gasteiger partial charge in [-0.1, -0.05) is 54.1 Å². The molecule has 0 fully saturated rings. The number of nitrogens with zero attached hydrogens (tertiary/aromatic N) is 3. The van der Waals surface area contributed by atoms with Gasteiger partial charge in [0.05, 0.1) is 22.4 Å². The van der Waals surface area contributed by atoms with E-state index in [2.05, 4.69) is 50.6 Å². The first-order chi connectivity index (χ1) is 19.5. The number of anilines is 4. The Labute approximate surface area is 236 Å². The molecule has 2 aromatic heterocycles. The lowest BCUT2D eigenvalue weighted by Crippen LogP contribution is -2.13. The van der Waals surface area contributed by atoms with E-state index in [1.807, 2.05) is 55.5 Å². The van der Waals surface area contributed by atoms with Gasteiger partial charge in [0.25, 0.3) is 5.91 Å². The standard InChI is InChI=1S/C32H25ClN6O/c1-20-11-16-23(17-28(20)37-31(40)21-12-14-22(34)15-13-21)36-32-35-18-27(33)30(38-32)26-19-39(24-7-3-2-4-8-24)29-10-6-5-9-25(26)29/h2-19H,34H2,1H3,(H,37,40)(H,35,36,38). The largest absolute Gasteiger partial charge is 0.399 e. The molecule has 0 unspecified atom stereocenters. The van der Waals surface area contributed by atoms with Crippen LogP contribution >= 0.6 is 11.6 Å². The summed E-state index contributed by atoms with van der Waals surface area (Å²) in [7, 11) is 0. The number of carbonyl (C=O) groups excluding carboxylic acids is 1. The molecular weight excluding hydrogens is 520 g/mol. The Hall–Kier alpha value is -5.14. The van der Waals surface area contributed by atoms with Gasteiger partial charge in [-0.15, -0.1) is 0 Å². The summed E-state index contributed by atoms with van der Waals surface area (Å²) in [5.41, 5.74) is 12.8. The van der Waals surface area contributed by atoms with Crippen LogP contribution in [0.25, 0.3) is 27.8 Å². The van der Waals surface area contributed by atoms with Gasteiger partial charge in [-0.25, -0.2) is 9.97 Å². The van der Waals surface area contributed by atoms with Gasteiger partial charge in [-0.05, 0) is 67.1 Å². The van der Waals surface area contributed by atoms with E-state index in [-0.39, 0.29) is 5.91 Å². The molecule has 196 valence electrons. The summed E-state index contributed by atoms with van der Waals surface area (Å²) in [5.74, 6) is 0.163. The highest BCUT2D eigenvalue weighted by Gasteiger charge is 2.17. The van der Waals surface area contributed by atoms with Crippen LogP contribution in [0, 0.1) is 6.92 Å². The van der Waals surface area contributed by atoms with Crippen molar-refractivity contribution >= 4 is 51.4 Å². The molecule has 7 nitrogen and oxygen atoms in total. The van der Waals surface area contributed by atoms with Gasteiger partial charge in [-0.3, -0.25) is 4.79 Å². The Balaban J connectivity index is 1.32. The summed E-state index contributed by atoms with van der Waals surface area (Å²) >= 11 is 6.64. The first kappa shape index (κ1) is 25.2. The second-order valence-electron chi connectivity index (χ2n) is 9.39. The number of nitrogens with two attached hydrogens (primary N) is 1. The fourth-order valence-electron chi connectivity index (χ4n) is 4.58. The number of aryl methyl sites for hydroxylation is 1. The van der Waals surface area contributed by atoms with Crippen LogP contribution in [0.4, 0.5) is 23.0 Å². The highest BCUT2D eigenvalue weighted by molar-refractivity contribution is 6.33. The van der Waals surface area contributed by atoms with E-state index in [0.29, 0.717) is 33.6 Å². The molecule has 0 saturated heterocycles. The minimum absolute atomic E-state index is 0.222. The van der Waals surface area contributed by atoms with Crippen LogP contribution < -0.4 is 16.4 Å². The number of hydrogen-bond donors (Lipinski definition) is 3. The average molecular weight is 545 g/mol. The van der Waals surface area contributed by atoms with Crippen molar-refractivity contribution in [3.05, 3.63) is 126 Å². The second-order valence-corrected chi connectivity index (χ2v) is 9.79. The maximum absolute atomic E-state index is 12.8. The van der Waals surface area contributed by atoms with Gasteiger partial charge in [-0.2, -0.15) is 0 Å². The van der Waals surface area contributed by atoms with Crippen LogP contribution in [0.2, 0.25) is 5.02 Å². The molecule has 0 radical (unpaired) electrons. The summed E-state index contributed by atoms with van der Waals surface area (Å²) in [6.45, 7) is 1.93. The predicted octanol–water partition coefficient (Wildman–Crippen LogP) is 7.63. The Morgan fingerprint density at radius 1 is 0.925 bits per heavy atom. The Kier molecular flexibility index (Phi) is 6.64. The van der Waals surface area contributed by atoms with Crippen LogP contribution in [-0.4, -0.2) is 20.4 Å². The van der Waals surface area contributed by atoms with Gasteiger partial charge in [0.15, 0.2) is 0 Å². The van der Waals surface area contributed by atoms with E-state index in [9.17, 15) is 4.79 Å². The van der Waals surface area contributed by atoms with E-state index >= 15 is 0 Å². The quantitative estimate of drug-likeness (QED) is 0.187.